The third-order valence-corrected chi connectivity index (χ3v) is 5.37. The molecule has 0 radical (unpaired) electrons. The van der Waals surface area contributed by atoms with Crippen molar-refractivity contribution in [1.29, 1.82) is 0 Å². The van der Waals surface area contributed by atoms with E-state index in [1.165, 1.54) is 6.07 Å². The summed E-state index contributed by atoms with van der Waals surface area (Å²) < 4.78 is 37.7. The van der Waals surface area contributed by atoms with Gasteiger partial charge in [0.05, 0.1) is 25.0 Å². The van der Waals surface area contributed by atoms with E-state index in [-0.39, 0.29) is 23.6 Å². The number of nitrogens with one attached hydrogen (secondary N) is 1. The minimum Gasteiger partial charge on any atom is -0.490 e. The van der Waals surface area contributed by atoms with Gasteiger partial charge in [-0.1, -0.05) is 19.9 Å². The molecule has 4 nitrogen and oxygen atoms in total. The third-order valence-electron chi connectivity index (χ3n) is 4.37. The van der Waals surface area contributed by atoms with Crippen molar-refractivity contribution in [3.63, 3.8) is 0 Å². The molecule has 1 N–H and O–H groups in total. The number of thioether (sulfide) groups is 1. The van der Waals surface area contributed by atoms with Crippen LogP contribution in [-0.2, 0) is 4.79 Å². The van der Waals surface area contributed by atoms with Crippen molar-refractivity contribution in [2.24, 2.45) is 5.92 Å². The lowest BCUT2D eigenvalue weighted by molar-refractivity contribution is -0.119. The van der Waals surface area contributed by atoms with Crippen molar-refractivity contribution in [1.82, 2.24) is 5.32 Å². The highest BCUT2D eigenvalue weighted by molar-refractivity contribution is 8.00. The molecule has 0 aliphatic carbocycles. The minimum atomic E-state index is -0.919. The lowest BCUT2D eigenvalue weighted by Crippen LogP contribution is -2.33. The van der Waals surface area contributed by atoms with Gasteiger partial charge in [-0.05, 0) is 41.8 Å². The Balaban J connectivity index is 1.66. The maximum absolute atomic E-state index is 13.3. The number of carbonyl (C=O) groups is 1. The number of hydrogen-bond acceptors (Lipinski definition) is 4. The van der Waals surface area contributed by atoms with Crippen molar-refractivity contribution < 1.29 is 23.0 Å². The molecule has 0 saturated heterocycles. The fourth-order valence-corrected chi connectivity index (χ4v) is 3.67. The predicted molar refractivity (Wildman–Crippen MR) is 105 cm³/mol. The van der Waals surface area contributed by atoms with Gasteiger partial charge in [0, 0.05) is 11.3 Å². The van der Waals surface area contributed by atoms with E-state index in [9.17, 15) is 13.6 Å². The fraction of sp³-hybridized carbons (Fsp3) is 0.381. The Bertz CT molecular complexity index is 844. The van der Waals surface area contributed by atoms with Gasteiger partial charge in [-0.15, -0.1) is 11.8 Å². The summed E-state index contributed by atoms with van der Waals surface area (Å²) in [5.41, 5.74) is 0.936. The zero-order valence-electron chi connectivity index (χ0n) is 15.8. The number of rotatable bonds is 6. The predicted octanol–water partition coefficient (Wildman–Crippen LogP) is 4.73. The molecule has 28 heavy (non-hydrogen) atoms. The smallest absolute Gasteiger partial charge is 0.230 e. The van der Waals surface area contributed by atoms with Gasteiger partial charge in [0.2, 0.25) is 5.91 Å². The zero-order valence-corrected chi connectivity index (χ0v) is 16.7. The summed E-state index contributed by atoms with van der Waals surface area (Å²) >= 11 is 1.16. The average molecular weight is 407 g/mol. The second kappa shape index (κ2) is 9.28. The summed E-state index contributed by atoms with van der Waals surface area (Å²) in [4.78, 5) is 12.9. The van der Waals surface area contributed by atoms with Gasteiger partial charge in [-0.2, -0.15) is 0 Å². The third kappa shape index (κ3) is 5.16. The molecule has 1 amide bonds. The summed E-state index contributed by atoms with van der Waals surface area (Å²) in [6.45, 7) is 5.27. The van der Waals surface area contributed by atoms with Gasteiger partial charge in [0.25, 0.3) is 0 Å². The number of hydrogen-bond donors (Lipinski definition) is 1. The number of carbonyl (C=O) groups excluding carboxylic acids is 1. The summed E-state index contributed by atoms with van der Waals surface area (Å²) in [6.07, 6.45) is 0.829. The van der Waals surface area contributed by atoms with E-state index in [1.54, 1.807) is 0 Å². The molecule has 0 fully saturated rings. The normalized spacial score (nSPS) is 14.5. The van der Waals surface area contributed by atoms with Crippen molar-refractivity contribution >= 4 is 17.7 Å². The van der Waals surface area contributed by atoms with Crippen LogP contribution >= 0.6 is 11.8 Å². The first-order valence-electron chi connectivity index (χ1n) is 9.21. The molecular formula is C21H23F2NO3S. The largest absolute Gasteiger partial charge is 0.490 e. The average Bonchev–Trinajstić information content (AvgIpc) is 2.91. The maximum atomic E-state index is 13.3. The van der Waals surface area contributed by atoms with Gasteiger partial charge in [-0.25, -0.2) is 8.78 Å². The van der Waals surface area contributed by atoms with Gasteiger partial charge in [0.1, 0.15) is 0 Å². The van der Waals surface area contributed by atoms with Crippen LogP contribution in [0.3, 0.4) is 0 Å². The van der Waals surface area contributed by atoms with E-state index < -0.39 is 11.6 Å². The van der Waals surface area contributed by atoms with Crippen LogP contribution in [0.4, 0.5) is 8.78 Å². The lowest BCUT2D eigenvalue weighted by atomic mass is 9.95. The van der Waals surface area contributed by atoms with E-state index >= 15 is 0 Å². The monoisotopic (exact) mass is 407 g/mol. The topological polar surface area (TPSA) is 47.6 Å². The first kappa shape index (κ1) is 20.5. The Morgan fingerprint density at radius 2 is 1.82 bits per heavy atom. The van der Waals surface area contributed by atoms with Crippen LogP contribution < -0.4 is 14.8 Å². The van der Waals surface area contributed by atoms with Crippen molar-refractivity contribution in [2.75, 3.05) is 19.0 Å². The summed E-state index contributed by atoms with van der Waals surface area (Å²) in [7, 11) is 0. The van der Waals surface area contributed by atoms with Crippen molar-refractivity contribution in [3.05, 3.63) is 53.6 Å². The molecule has 1 heterocycles. The van der Waals surface area contributed by atoms with Crippen molar-refractivity contribution in [2.45, 2.75) is 31.2 Å². The number of benzene rings is 2. The van der Waals surface area contributed by atoms with E-state index in [2.05, 4.69) is 5.32 Å². The lowest BCUT2D eigenvalue weighted by Gasteiger charge is -2.24. The molecule has 150 valence electrons. The molecule has 1 aliphatic rings. The first-order valence-corrected chi connectivity index (χ1v) is 10.2. The van der Waals surface area contributed by atoms with E-state index in [4.69, 9.17) is 9.47 Å². The molecule has 0 bridgehead atoms. The van der Waals surface area contributed by atoms with Crippen LogP contribution in [0.2, 0.25) is 0 Å². The maximum Gasteiger partial charge on any atom is 0.230 e. The summed E-state index contributed by atoms with van der Waals surface area (Å²) in [5, 5.41) is 3.03. The highest BCUT2D eigenvalue weighted by Crippen LogP contribution is 2.34. The van der Waals surface area contributed by atoms with Crippen molar-refractivity contribution in [3.8, 4) is 11.5 Å². The van der Waals surface area contributed by atoms with Crippen LogP contribution in [0.15, 0.2) is 41.3 Å². The Hall–Kier alpha value is -2.28. The number of fused-ring (bicyclic) bond motifs is 1. The fourth-order valence-electron chi connectivity index (χ4n) is 2.94. The molecule has 0 spiro atoms. The molecule has 3 rings (SSSR count). The van der Waals surface area contributed by atoms with Gasteiger partial charge in [0.15, 0.2) is 23.1 Å². The molecule has 1 atom stereocenters. The van der Waals surface area contributed by atoms with Crippen LogP contribution in [-0.4, -0.2) is 24.9 Å². The van der Waals surface area contributed by atoms with Crippen LogP contribution in [0, 0.1) is 17.6 Å². The second-order valence-corrected chi connectivity index (χ2v) is 7.96. The SMILES string of the molecule is CC(C)[C@H](NC(=O)CSc1ccc(F)c(F)c1)c1ccc2c(c1)OCCCO2. The van der Waals surface area contributed by atoms with Crippen LogP contribution in [0.5, 0.6) is 11.5 Å². The van der Waals surface area contributed by atoms with Gasteiger partial charge < -0.3 is 14.8 Å². The highest BCUT2D eigenvalue weighted by atomic mass is 32.2. The second-order valence-electron chi connectivity index (χ2n) is 6.91. The standard InChI is InChI=1S/C21H23F2NO3S/c1-13(2)21(14-4-7-18-19(10-14)27-9-3-8-26-18)24-20(25)12-28-15-5-6-16(22)17(23)11-15/h4-7,10-11,13,21H,3,8-9,12H2,1-2H3,(H,24,25)/t21-/m0/s1. The molecule has 0 saturated carbocycles. The van der Waals surface area contributed by atoms with Crippen LogP contribution in [0.25, 0.3) is 0 Å². The van der Waals surface area contributed by atoms with Gasteiger partial charge >= 0.3 is 0 Å². The molecule has 2 aromatic carbocycles. The number of halogens is 2. The van der Waals surface area contributed by atoms with Crippen LogP contribution in [0.1, 0.15) is 31.9 Å². The first-order chi connectivity index (χ1) is 13.4. The Labute approximate surface area is 167 Å². The zero-order chi connectivity index (χ0) is 20.1. The minimum absolute atomic E-state index is 0.110. The Morgan fingerprint density at radius 1 is 1.07 bits per heavy atom. The highest BCUT2D eigenvalue weighted by Gasteiger charge is 2.21. The summed E-state index contributed by atoms with van der Waals surface area (Å²) in [6, 6.07) is 9.12. The van der Waals surface area contributed by atoms with Gasteiger partial charge in [-0.3, -0.25) is 4.79 Å². The Kier molecular flexibility index (Phi) is 6.78. The van der Waals surface area contributed by atoms with E-state index in [0.717, 1.165) is 35.9 Å². The Morgan fingerprint density at radius 3 is 2.54 bits per heavy atom. The molecule has 0 unspecified atom stereocenters. The van der Waals surface area contributed by atoms with E-state index in [0.29, 0.717) is 29.6 Å². The van der Waals surface area contributed by atoms with E-state index in [1.807, 2.05) is 32.0 Å². The molecule has 7 heteroatoms. The molecular weight excluding hydrogens is 384 g/mol. The quantitative estimate of drug-likeness (QED) is 0.703. The molecule has 1 aliphatic heterocycles. The molecule has 0 aromatic heterocycles. The molecule has 2 aromatic rings. The number of amides is 1. The summed E-state index contributed by atoms with van der Waals surface area (Å²) in [5.74, 6) is -0.336. The number of ether oxygens (including phenoxy) is 2.